The molecule has 0 aliphatic carbocycles. The number of phenols is 1. The standard InChI is InChI=1S/C7H8O.C5H4ClN/c1-6-2-4-7(8)5-3-6;6-5-2-1-3-7-4-5/h2-5,8H,1H3;1-4H. The number of phenolic OH excluding ortho intramolecular Hbond substituents is 1. The largest absolute Gasteiger partial charge is 0.508 e. The molecule has 0 amide bonds. The van der Waals surface area contributed by atoms with Crippen LogP contribution in [0.2, 0.25) is 5.02 Å². The van der Waals surface area contributed by atoms with Crippen LogP contribution in [-0.2, 0) is 0 Å². The van der Waals surface area contributed by atoms with Crippen LogP contribution in [0, 0.1) is 6.92 Å². The number of benzene rings is 1. The number of rotatable bonds is 0. The highest BCUT2D eigenvalue weighted by molar-refractivity contribution is 6.30. The van der Waals surface area contributed by atoms with E-state index >= 15 is 0 Å². The molecule has 0 saturated heterocycles. The molecule has 1 aromatic carbocycles. The van der Waals surface area contributed by atoms with Gasteiger partial charge < -0.3 is 5.11 Å². The molecule has 2 nitrogen and oxygen atoms in total. The molecule has 1 aromatic heterocycles. The van der Waals surface area contributed by atoms with Gasteiger partial charge in [-0.25, -0.2) is 0 Å². The van der Waals surface area contributed by atoms with E-state index in [1.165, 1.54) is 5.56 Å². The maximum atomic E-state index is 8.76. The van der Waals surface area contributed by atoms with E-state index in [-0.39, 0.29) is 0 Å². The van der Waals surface area contributed by atoms with Gasteiger partial charge in [-0.3, -0.25) is 4.98 Å². The molecular formula is C12H12ClNO. The van der Waals surface area contributed by atoms with Crippen LogP contribution < -0.4 is 0 Å². The van der Waals surface area contributed by atoms with Crippen molar-refractivity contribution in [1.82, 2.24) is 4.98 Å². The van der Waals surface area contributed by atoms with Crippen LogP contribution in [0.3, 0.4) is 0 Å². The zero-order chi connectivity index (χ0) is 11.1. The van der Waals surface area contributed by atoms with Gasteiger partial charge >= 0.3 is 0 Å². The number of hydrogen-bond donors (Lipinski definition) is 1. The van der Waals surface area contributed by atoms with Gasteiger partial charge in [0, 0.05) is 12.4 Å². The Hall–Kier alpha value is -1.54. The van der Waals surface area contributed by atoms with Crippen molar-refractivity contribution in [2.75, 3.05) is 0 Å². The van der Waals surface area contributed by atoms with E-state index in [9.17, 15) is 0 Å². The quantitative estimate of drug-likeness (QED) is 0.739. The third-order valence-corrected chi connectivity index (χ3v) is 1.88. The number of hydrogen-bond acceptors (Lipinski definition) is 2. The Morgan fingerprint density at radius 3 is 2.13 bits per heavy atom. The average molecular weight is 222 g/mol. The fourth-order valence-corrected chi connectivity index (χ4v) is 1.02. The van der Waals surface area contributed by atoms with Crippen molar-refractivity contribution in [1.29, 1.82) is 0 Å². The Bertz CT molecular complexity index is 365. The normalized spacial score (nSPS) is 8.93. The molecule has 1 heterocycles. The molecule has 0 aliphatic rings. The second-order valence-electron chi connectivity index (χ2n) is 3.01. The zero-order valence-electron chi connectivity index (χ0n) is 8.39. The summed E-state index contributed by atoms with van der Waals surface area (Å²) in [5.74, 6) is 0.329. The van der Waals surface area contributed by atoms with E-state index in [0.717, 1.165) is 0 Å². The van der Waals surface area contributed by atoms with Crippen LogP contribution in [0.4, 0.5) is 0 Å². The lowest BCUT2D eigenvalue weighted by atomic mass is 10.2. The fraction of sp³-hybridized carbons (Fsp3) is 0.0833. The molecule has 0 spiro atoms. The summed E-state index contributed by atoms with van der Waals surface area (Å²) in [6.45, 7) is 1.99. The molecule has 0 fully saturated rings. The minimum Gasteiger partial charge on any atom is -0.508 e. The fourth-order valence-electron chi connectivity index (χ4n) is 0.887. The Morgan fingerprint density at radius 1 is 1.13 bits per heavy atom. The Labute approximate surface area is 94.2 Å². The molecule has 15 heavy (non-hydrogen) atoms. The van der Waals surface area contributed by atoms with Crippen LogP contribution in [0.15, 0.2) is 48.8 Å². The molecule has 0 radical (unpaired) electrons. The van der Waals surface area contributed by atoms with Crippen molar-refractivity contribution >= 4 is 11.6 Å². The third-order valence-electron chi connectivity index (χ3n) is 1.66. The van der Waals surface area contributed by atoms with E-state index in [0.29, 0.717) is 10.8 Å². The lowest BCUT2D eigenvalue weighted by Gasteiger charge is -1.89. The number of aromatic hydroxyl groups is 1. The first kappa shape index (κ1) is 11.5. The highest BCUT2D eigenvalue weighted by atomic mass is 35.5. The van der Waals surface area contributed by atoms with E-state index in [1.807, 2.05) is 19.1 Å². The van der Waals surface area contributed by atoms with Gasteiger partial charge in [0.1, 0.15) is 5.75 Å². The minimum absolute atomic E-state index is 0.329. The smallest absolute Gasteiger partial charge is 0.115 e. The lowest BCUT2D eigenvalue weighted by molar-refractivity contribution is 0.475. The van der Waals surface area contributed by atoms with E-state index in [1.54, 1.807) is 36.7 Å². The second kappa shape index (κ2) is 6.04. The number of aromatic nitrogens is 1. The molecule has 78 valence electrons. The number of halogens is 1. The van der Waals surface area contributed by atoms with Gasteiger partial charge in [-0.1, -0.05) is 29.3 Å². The van der Waals surface area contributed by atoms with Gasteiger partial charge in [-0.2, -0.15) is 0 Å². The van der Waals surface area contributed by atoms with E-state index in [2.05, 4.69) is 4.98 Å². The van der Waals surface area contributed by atoms with Crippen molar-refractivity contribution in [3.8, 4) is 5.75 Å². The third kappa shape index (κ3) is 5.03. The lowest BCUT2D eigenvalue weighted by Crippen LogP contribution is -1.66. The van der Waals surface area contributed by atoms with Crippen LogP contribution in [0.5, 0.6) is 5.75 Å². The van der Waals surface area contributed by atoms with Crippen molar-refractivity contribution in [3.05, 3.63) is 59.4 Å². The summed E-state index contributed by atoms with van der Waals surface area (Å²) in [4.78, 5) is 3.75. The summed E-state index contributed by atoms with van der Waals surface area (Å²) < 4.78 is 0. The molecule has 2 aromatic rings. The van der Waals surface area contributed by atoms with E-state index < -0.39 is 0 Å². The molecule has 0 atom stereocenters. The topological polar surface area (TPSA) is 33.1 Å². The molecule has 0 aliphatic heterocycles. The van der Waals surface area contributed by atoms with Crippen LogP contribution >= 0.6 is 11.6 Å². The summed E-state index contributed by atoms with van der Waals surface area (Å²) in [7, 11) is 0. The minimum atomic E-state index is 0.329. The monoisotopic (exact) mass is 221 g/mol. The van der Waals surface area contributed by atoms with Gasteiger partial charge in [0.15, 0.2) is 0 Å². The van der Waals surface area contributed by atoms with Crippen molar-refractivity contribution in [2.24, 2.45) is 0 Å². The Balaban J connectivity index is 0.000000151. The maximum Gasteiger partial charge on any atom is 0.115 e. The molecule has 0 bridgehead atoms. The molecule has 0 saturated carbocycles. The van der Waals surface area contributed by atoms with Crippen LogP contribution in [-0.4, -0.2) is 10.1 Å². The molecule has 1 N–H and O–H groups in total. The van der Waals surface area contributed by atoms with Gasteiger partial charge in [-0.15, -0.1) is 0 Å². The number of nitrogens with zero attached hydrogens (tertiary/aromatic N) is 1. The van der Waals surface area contributed by atoms with Crippen LogP contribution in [0.1, 0.15) is 5.56 Å². The summed E-state index contributed by atoms with van der Waals surface area (Å²) in [5, 5.41) is 9.44. The molecule has 0 unspecified atom stereocenters. The first-order valence-electron chi connectivity index (χ1n) is 4.49. The maximum absolute atomic E-state index is 8.76. The highest BCUT2D eigenvalue weighted by Crippen LogP contribution is 2.07. The molecule has 2 rings (SSSR count). The SMILES string of the molecule is Cc1ccc(O)cc1.Clc1cccnc1. The number of pyridine rings is 1. The molecule has 3 heteroatoms. The van der Waals surface area contributed by atoms with Crippen molar-refractivity contribution in [3.63, 3.8) is 0 Å². The van der Waals surface area contributed by atoms with Gasteiger partial charge in [0.25, 0.3) is 0 Å². The summed E-state index contributed by atoms with van der Waals surface area (Å²) >= 11 is 5.48. The predicted octanol–water partition coefficient (Wildman–Crippen LogP) is 3.44. The van der Waals surface area contributed by atoms with E-state index in [4.69, 9.17) is 16.7 Å². The van der Waals surface area contributed by atoms with Crippen molar-refractivity contribution < 1.29 is 5.11 Å². The first-order valence-corrected chi connectivity index (χ1v) is 4.87. The summed E-state index contributed by atoms with van der Waals surface area (Å²) in [5.41, 5.74) is 1.17. The second-order valence-corrected chi connectivity index (χ2v) is 3.44. The Kier molecular flexibility index (Phi) is 4.64. The zero-order valence-corrected chi connectivity index (χ0v) is 9.15. The predicted molar refractivity (Wildman–Crippen MR) is 62.1 cm³/mol. The van der Waals surface area contributed by atoms with Crippen molar-refractivity contribution in [2.45, 2.75) is 6.92 Å². The summed E-state index contributed by atoms with van der Waals surface area (Å²) in [6.07, 6.45) is 3.29. The average Bonchev–Trinajstić information content (AvgIpc) is 2.25. The Morgan fingerprint density at radius 2 is 1.80 bits per heavy atom. The van der Waals surface area contributed by atoms with Crippen LogP contribution in [0.25, 0.3) is 0 Å². The molecular weight excluding hydrogens is 210 g/mol. The van der Waals surface area contributed by atoms with Gasteiger partial charge in [-0.05, 0) is 31.2 Å². The summed E-state index contributed by atoms with van der Waals surface area (Å²) in [6, 6.07) is 10.7. The van der Waals surface area contributed by atoms with Gasteiger partial charge in [0.2, 0.25) is 0 Å². The van der Waals surface area contributed by atoms with Gasteiger partial charge in [0.05, 0.1) is 5.02 Å². The number of aryl methyl sites for hydroxylation is 1. The highest BCUT2D eigenvalue weighted by Gasteiger charge is 1.82. The first-order chi connectivity index (χ1) is 7.18.